The summed E-state index contributed by atoms with van der Waals surface area (Å²) in [6.07, 6.45) is 0.720. The fraction of sp³-hybridized carbons (Fsp3) is 0.316. The molecule has 2 unspecified atom stereocenters. The number of hydrogen-bond donors (Lipinski definition) is 3. The van der Waals surface area contributed by atoms with Gasteiger partial charge in [0, 0.05) is 24.2 Å². The van der Waals surface area contributed by atoms with Crippen LogP contribution in [0.5, 0.6) is 5.75 Å². The summed E-state index contributed by atoms with van der Waals surface area (Å²) in [5.74, 6) is 0.675. The zero-order valence-electron chi connectivity index (χ0n) is 13.7. The highest BCUT2D eigenvalue weighted by atomic mass is 16.5. The van der Waals surface area contributed by atoms with Crippen LogP contribution in [-0.4, -0.2) is 36.8 Å². The third-order valence-electron chi connectivity index (χ3n) is 4.21. The maximum Gasteiger partial charge on any atom is 0.241 e. The first kappa shape index (κ1) is 16.5. The van der Waals surface area contributed by atoms with Crippen molar-refractivity contribution in [1.29, 1.82) is 0 Å². The number of nitrogens with one attached hydrogen (secondary N) is 2. The van der Waals surface area contributed by atoms with Crippen molar-refractivity contribution < 1.29 is 14.6 Å². The van der Waals surface area contributed by atoms with Crippen molar-refractivity contribution >= 4 is 11.6 Å². The molecule has 126 valence electrons. The van der Waals surface area contributed by atoms with Gasteiger partial charge >= 0.3 is 0 Å². The minimum absolute atomic E-state index is 0.123. The van der Waals surface area contributed by atoms with Gasteiger partial charge in [0.2, 0.25) is 5.91 Å². The number of β-amino-alcohol motifs (C(OH)–C–C–N with tert-alkyl or cyclic N) is 1. The molecular formula is C19H22N2O3. The van der Waals surface area contributed by atoms with Crippen LogP contribution in [0.2, 0.25) is 0 Å². The molecule has 3 rings (SSSR count). The van der Waals surface area contributed by atoms with Crippen molar-refractivity contribution in [2.24, 2.45) is 0 Å². The molecule has 1 saturated heterocycles. The van der Waals surface area contributed by atoms with Crippen LogP contribution >= 0.6 is 0 Å². The van der Waals surface area contributed by atoms with Gasteiger partial charge in [0.25, 0.3) is 0 Å². The first-order chi connectivity index (χ1) is 11.7. The summed E-state index contributed by atoms with van der Waals surface area (Å²) >= 11 is 0. The summed E-state index contributed by atoms with van der Waals surface area (Å²) in [4.78, 5) is 12.3. The summed E-state index contributed by atoms with van der Waals surface area (Å²) in [6, 6.07) is 15.4. The largest absolute Gasteiger partial charge is 0.496 e. The number of carbonyl (C=O) groups excluding carboxylic acids is 1. The molecule has 1 heterocycles. The van der Waals surface area contributed by atoms with Gasteiger partial charge in [0.15, 0.2) is 0 Å². The molecule has 1 aliphatic heterocycles. The molecule has 24 heavy (non-hydrogen) atoms. The Morgan fingerprint density at radius 1 is 1.29 bits per heavy atom. The van der Waals surface area contributed by atoms with Crippen molar-refractivity contribution in [2.75, 3.05) is 19.0 Å². The van der Waals surface area contributed by atoms with E-state index < -0.39 is 6.10 Å². The van der Waals surface area contributed by atoms with Crippen LogP contribution in [0.3, 0.4) is 0 Å². The maximum atomic E-state index is 12.3. The Morgan fingerprint density at radius 2 is 2.08 bits per heavy atom. The molecule has 0 bridgehead atoms. The van der Waals surface area contributed by atoms with E-state index in [9.17, 15) is 9.90 Å². The summed E-state index contributed by atoms with van der Waals surface area (Å²) in [5, 5.41) is 15.5. The van der Waals surface area contributed by atoms with Crippen LogP contribution in [0.15, 0.2) is 48.5 Å². The van der Waals surface area contributed by atoms with E-state index in [1.54, 1.807) is 7.11 Å². The van der Waals surface area contributed by atoms with Crippen molar-refractivity contribution in [1.82, 2.24) is 5.32 Å². The lowest BCUT2D eigenvalue weighted by Crippen LogP contribution is -2.35. The first-order valence-corrected chi connectivity index (χ1v) is 8.09. The van der Waals surface area contributed by atoms with E-state index in [1.165, 1.54) is 5.56 Å². The number of benzene rings is 2. The molecular weight excluding hydrogens is 304 g/mol. The number of ether oxygens (including phenoxy) is 1. The van der Waals surface area contributed by atoms with Crippen molar-refractivity contribution in [3.63, 3.8) is 0 Å². The first-order valence-electron chi connectivity index (χ1n) is 8.09. The number of rotatable bonds is 5. The summed E-state index contributed by atoms with van der Waals surface area (Å²) in [7, 11) is 1.64. The highest BCUT2D eigenvalue weighted by Crippen LogP contribution is 2.25. The number of hydrogen-bond acceptors (Lipinski definition) is 4. The van der Waals surface area contributed by atoms with Gasteiger partial charge in [0.05, 0.1) is 19.3 Å². The lowest BCUT2D eigenvalue weighted by Gasteiger charge is -2.14. The Balaban J connectivity index is 1.74. The van der Waals surface area contributed by atoms with Crippen LogP contribution in [-0.2, 0) is 11.2 Å². The van der Waals surface area contributed by atoms with Gasteiger partial charge in [-0.1, -0.05) is 30.3 Å². The smallest absolute Gasteiger partial charge is 0.241 e. The third-order valence-corrected chi connectivity index (χ3v) is 4.21. The number of carbonyl (C=O) groups is 1. The quantitative estimate of drug-likeness (QED) is 0.785. The Morgan fingerprint density at radius 3 is 2.75 bits per heavy atom. The Kier molecular flexibility index (Phi) is 5.13. The molecule has 2 aromatic rings. The Bertz CT molecular complexity index is 703. The fourth-order valence-corrected chi connectivity index (χ4v) is 2.96. The molecule has 0 aliphatic carbocycles. The molecule has 1 amide bonds. The van der Waals surface area contributed by atoms with E-state index in [-0.39, 0.29) is 11.9 Å². The van der Waals surface area contributed by atoms with E-state index in [0.29, 0.717) is 13.0 Å². The minimum Gasteiger partial charge on any atom is -0.496 e. The molecule has 1 fully saturated rings. The van der Waals surface area contributed by atoms with Gasteiger partial charge in [-0.3, -0.25) is 4.79 Å². The van der Waals surface area contributed by atoms with Crippen molar-refractivity contribution in [3.8, 4) is 5.75 Å². The predicted molar refractivity (Wildman–Crippen MR) is 93.3 cm³/mol. The molecule has 0 saturated carbocycles. The van der Waals surface area contributed by atoms with E-state index in [0.717, 1.165) is 23.4 Å². The lowest BCUT2D eigenvalue weighted by molar-refractivity contribution is -0.117. The summed E-state index contributed by atoms with van der Waals surface area (Å²) in [5.41, 5.74) is 2.93. The maximum absolute atomic E-state index is 12.3. The topological polar surface area (TPSA) is 70.6 Å². The second-order valence-electron chi connectivity index (χ2n) is 6.03. The Labute approximate surface area is 141 Å². The average Bonchev–Trinajstić information content (AvgIpc) is 3.03. The zero-order chi connectivity index (χ0) is 16.9. The standard InChI is InChI=1S/C19H22N2O3/c1-24-18-8-7-15(21-19(23)17-11-16(22)12-20-17)10-14(18)9-13-5-3-2-4-6-13/h2-8,10,16-17,20,22H,9,11-12H2,1H3,(H,21,23). The van der Waals surface area contributed by atoms with E-state index in [4.69, 9.17) is 4.74 Å². The second-order valence-corrected chi connectivity index (χ2v) is 6.03. The molecule has 1 aliphatic rings. The minimum atomic E-state index is -0.453. The predicted octanol–water partition coefficient (Wildman–Crippen LogP) is 1.95. The van der Waals surface area contributed by atoms with Gasteiger partial charge < -0.3 is 20.5 Å². The van der Waals surface area contributed by atoms with Crippen LogP contribution in [0, 0.1) is 0 Å². The molecule has 0 radical (unpaired) electrons. The van der Waals surface area contributed by atoms with Crippen LogP contribution < -0.4 is 15.4 Å². The van der Waals surface area contributed by atoms with Crippen LogP contribution in [0.4, 0.5) is 5.69 Å². The normalized spacial score (nSPS) is 19.9. The second kappa shape index (κ2) is 7.47. The number of amides is 1. The molecule has 0 spiro atoms. The van der Waals surface area contributed by atoms with Gasteiger partial charge in [-0.15, -0.1) is 0 Å². The lowest BCUT2D eigenvalue weighted by atomic mass is 10.0. The van der Waals surface area contributed by atoms with Gasteiger partial charge in [-0.2, -0.15) is 0 Å². The average molecular weight is 326 g/mol. The molecule has 3 N–H and O–H groups in total. The molecule has 5 nitrogen and oxygen atoms in total. The SMILES string of the molecule is COc1ccc(NC(=O)C2CC(O)CN2)cc1Cc1ccccc1. The fourth-order valence-electron chi connectivity index (χ4n) is 2.96. The van der Waals surface area contributed by atoms with E-state index in [2.05, 4.69) is 22.8 Å². The molecule has 5 heteroatoms. The van der Waals surface area contributed by atoms with Crippen LogP contribution in [0.1, 0.15) is 17.5 Å². The molecule has 2 atom stereocenters. The number of aliphatic hydroxyl groups is 1. The van der Waals surface area contributed by atoms with Gasteiger partial charge in [-0.25, -0.2) is 0 Å². The highest BCUT2D eigenvalue weighted by Gasteiger charge is 2.28. The van der Waals surface area contributed by atoms with Gasteiger partial charge in [-0.05, 0) is 30.2 Å². The van der Waals surface area contributed by atoms with Crippen LogP contribution in [0.25, 0.3) is 0 Å². The summed E-state index contributed by atoms with van der Waals surface area (Å²) in [6.45, 7) is 0.458. The van der Waals surface area contributed by atoms with Crippen molar-refractivity contribution in [2.45, 2.75) is 25.0 Å². The molecule has 0 aromatic heterocycles. The highest BCUT2D eigenvalue weighted by molar-refractivity contribution is 5.95. The Hall–Kier alpha value is -2.37. The number of anilines is 1. The number of methoxy groups -OCH3 is 1. The number of aliphatic hydroxyl groups excluding tert-OH is 1. The van der Waals surface area contributed by atoms with E-state index >= 15 is 0 Å². The van der Waals surface area contributed by atoms with Crippen molar-refractivity contribution in [3.05, 3.63) is 59.7 Å². The molecule has 2 aromatic carbocycles. The third kappa shape index (κ3) is 3.93. The van der Waals surface area contributed by atoms with Gasteiger partial charge in [0.1, 0.15) is 5.75 Å². The monoisotopic (exact) mass is 326 g/mol. The zero-order valence-corrected chi connectivity index (χ0v) is 13.7. The summed E-state index contributed by atoms with van der Waals surface area (Å²) < 4.78 is 5.43. The van der Waals surface area contributed by atoms with E-state index in [1.807, 2.05) is 36.4 Å².